The van der Waals surface area contributed by atoms with E-state index in [1.807, 2.05) is 37.0 Å². The first-order valence-corrected chi connectivity index (χ1v) is 6.96. The van der Waals surface area contributed by atoms with Crippen molar-refractivity contribution in [2.45, 2.75) is 18.6 Å². The van der Waals surface area contributed by atoms with Gasteiger partial charge >= 0.3 is 0 Å². The van der Waals surface area contributed by atoms with Gasteiger partial charge in [0.25, 0.3) is 0 Å². The first-order valence-electron chi connectivity index (χ1n) is 5.74. The van der Waals surface area contributed by atoms with Gasteiger partial charge < -0.3 is 9.88 Å². The number of rotatable bonds is 4. The molecule has 1 heterocycles. The number of thioether (sulfide) groups is 1. The summed E-state index contributed by atoms with van der Waals surface area (Å²) in [5, 5.41) is 3.42. The van der Waals surface area contributed by atoms with E-state index in [4.69, 9.17) is 0 Å². The average molecular weight is 249 g/mol. The third kappa shape index (κ3) is 2.57. The smallest absolute Gasteiger partial charge is 0.203 e. The summed E-state index contributed by atoms with van der Waals surface area (Å²) in [6.45, 7) is 5.37. The zero-order valence-corrected chi connectivity index (χ0v) is 11.6. The summed E-state index contributed by atoms with van der Waals surface area (Å²) in [4.78, 5) is 4.59. The molecule has 17 heavy (non-hydrogen) atoms. The average Bonchev–Trinajstić information content (AvgIpc) is 2.65. The predicted molar refractivity (Wildman–Crippen MR) is 76.8 cm³/mol. The molecule has 0 atom stereocenters. The summed E-state index contributed by atoms with van der Waals surface area (Å²) < 4.78 is 2.32. The Labute approximate surface area is 107 Å². The molecule has 0 saturated carbocycles. The van der Waals surface area contributed by atoms with Crippen LogP contribution in [0, 0.1) is 0 Å². The summed E-state index contributed by atoms with van der Waals surface area (Å²) >= 11 is 1.86. The van der Waals surface area contributed by atoms with Crippen LogP contribution in [0.2, 0.25) is 0 Å². The molecule has 1 N–H and O–H groups in total. The number of anilines is 1. The lowest BCUT2D eigenvalue weighted by Gasteiger charge is -2.22. The second-order valence-corrected chi connectivity index (χ2v) is 6.31. The molecule has 92 valence electrons. The zero-order valence-electron chi connectivity index (χ0n) is 10.8. The third-order valence-electron chi connectivity index (χ3n) is 3.01. The zero-order chi connectivity index (χ0) is 12.5. The molecule has 2 rings (SSSR count). The number of aryl methyl sites for hydroxylation is 1. The van der Waals surface area contributed by atoms with Crippen LogP contribution < -0.4 is 5.32 Å². The van der Waals surface area contributed by atoms with Crippen LogP contribution in [0.3, 0.4) is 0 Å². The largest absolute Gasteiger partial charge is 0.354 e. The fraction of sp³-hybridized carbons (Fsp3) is 0.462. The van der Waals surface area contributed by atoms with E-state index < -0.39 is 0 Å². The Bertz CT molecular complexity index is 516. The highest BCUT2D eigenvalue weighted by molar-refractivity contribution is 7.99. The van der Waals surface area contributed by atoms with Gasteiger partial charge in [0.15, 0.2) is 0 Å². The lowest BCUT2D eigenvalue weighted by atomic mass is 10.2. The summed E-state index contributed by atoms with van der Waals surface area (Å²) in [7, 11) is 2.05. The van der Waals surface area contributed by atoms with Crippen molar-refractivity contribution in [2.75, 3.05) is 18.1 Å². The lowest BCUT2D eigenvalue weighted by molar-refractivity contribution is 0.741. The van der Waals surface area contributed by atoms with E-state index in [-0.39, 0.29) is 4.75 Å². The van der Waals surface area contributed by atoms with E-state index in [1.165, 1.54) is 0 Å². The number of hydrogen-bond acceptors (Lipinski definition) is 3. The Morgan fingerprint density at radius 1 is 1.35 bits per heavy atom. The fourth-order valence-corrected chi connectivity index (χ4v) is 1.88. The van der Waals surface area contributed by atoms with E-state index in [0.717, 1.165) is 23.5 Å². The number of hydrogen-bond donors (Lipinski definition) is 1. The normalized spacial score (nSPS) is 12.0. The van der Waals surface area contributed by atoms with Gasteiger partial charge in [-0.15, -0.1) is 0 Å². The van der Waals surface area contributed by atoms with Gasteiger partial charge in [0.1, 0.15) is 0 Å². The van der Waals surface area contributed by atoms with Gasteiger partial charge in [0, 0.05) is 18.3 Å². The molecule has 0 fully saturated rings. The molecule has 2 aromatic rings. The standard InChI is InChI=1S/C13H19N3S/c1-13(2,17-4)9-14-12-15-10-7-5-6-8-11(10)16(12)3/h5-8H,9H2,1-4H3,(H,14,15). The molecule has 0 bridgehead atoms. The van der Waals surface area contributed by atoms with E-state index in [2.05, 4.69) is 41.0 Å². The van der Waals surface area contributed by atoms with Crippen LogP contribution in [0.1, 0.15) is 13.8 Å². The highest BCUT2D eigenvalue weighted by atomic mass is 32.2. The summed E-state index contributed by atoms with van der Waals surface area (Å²) in [5.74, 6) is 0.938. The Hall–Kier alpha value is -1.16. The van der Waals surface area contributed by atoms with Crippen molar-refractivity contribution < 1.29 is 0 Å². The van der Waals surface area contributed by atoms with E-state index in [1.54, 1.807) is 0 Å². The highest BCUT2D eigenvalue weighted by Gasteiger charge is 2.16. The first-order chi connectivity index (χ1) is 8.03. The Kier molecular flexibility index (Phi) is 3.33. The number of imidazole rings is 1. The minimum atomic E-state index is 0.220. The molecule has 3 nitrogen and oxygen atoms in total. The Morgan fingerprint density at radius 3 is 2.71 bits per heavy atom. The van der Waals surface area contributed by atoms with Crippen molar-refractivity contribution in [1.29, 1.82) is 0 Å². The Balaban J connectivity index is 2.22. The van der Waals surface area contributed by atoms with Gasteiger partial charge in [-0.05, 0) is 32.2 Å². The number of para-hydroxylation sites is 2. The van der Waals surface area contributed by atoms with Crippen LogP contribution >= 0.6 is 11.8 Å². The fourth-order valence-electron chi connectivity index (χ4n) is 1.67. The number of nitrogens with one attached hydrogen (secondary N) is 1. The van der Waals surface area contributed by atoms with E-state index >= 15 is 0 Å². The molecule has 0 radical (unpaired) electrons. The van der Waals surface area contributed by atoms with Crippen molar-refractivity contribution >= 4 is 28.7 Å². The van der Waals surface area contributed by atoms with E-state index in [0.29, 0.717) is 0 Å². The second kappa shape index (κ2) is 4.61. The van der Waals surface area contributed by atoms with Crippen LogP contribution in [0.4, 0.5) is 5.95 Å². The topological polar surface area (TPSA) is 29.9 Å². The maximum absolute atomic E-state index is 4.59. The van der Waals surface area contributed by atoms with Crippen molar-refractivity contribution in [1.82, 2.24) is 9.55 Å². The van der Waals surface area contributed by atoms with Gasteiger partial charge in [-0.3, -0.25) is 0 Å². The van der Waals surface area contributed by atoms with Crippen molar-refractivity contribution in [3.8, 4) is 0 Å². The quantitative estimate of drug-likeness (QED) is 0.903. The SMILES string of the molecule is CSC(C)(C)CNc1nc2ccccc2n1C. The van der Waals surface area contributed by atoms with Crippen LogP contribution in [-0.2, 0) is 7.05 Å². The van der Waals surface area contributed by atoms with Gasteiger partial charge in [0.05, 0.1) is 11.0 Å². The number of fused-ring (bicyclic) bond motifs is 1. The molecule has 0 aliphatic carbocycles. The van der Waals surface area contributed by atoms with Gasteiger partial charge in [-0.2, -0.15) is 11.8 Å². The summed E-state index contributed by atoms with van der Waals surface area (Å²) in [6, 6.07) is 8.19. The molecule has 1 aromatic carbocycles. The second-order valence-electron chi connectivity index (χ2n) is 4.80. The number of aromatic nitrogens is 2. The molecule has 0 aliphatic rings. The summed E-state index contributed by atoms with van der Waals surface area (Å²) in [5.41, 5.74) is 2.21. The molecular formula is C13H19N3S. The van der Waals surface area contributed by atoms with Crippen molar-refractivity contribution in [3.05, 3.63) is 24.3 Å². The maximum atomic E-state index is 4.59. The Morgan fingerprint density at radius 2 is 2.06 bits per heavy atom. The first kappa shape index (κ1) is 12.3. The van der Waals surface area contributed by atoms with Gasteiger partial charge in [-0.25, -0.2) is 4.98 Å². The van der Waals surface area contributed by atoms with Crippen molar-refractivity contribution in [3.63, 3.8) is 0 Å². The van der Waals surface area contributed by atoms with Gasteiger partial charge in [-0.1, -0.05) is 12.1 Å². The molecule has 0 aliphatic heterocycles. The van der Waals surface area contributed by atoms with Crippen LogP contribution in [0.25, 0.3) is 11.0 Å². The molecular weight excluding hydrogens is 230 g/mol. The maximum Gasteiger partial charge on any atom is 0.203 e. The highest BCUT2D eigenvalue weighted by Crippen LogP contribution is 2.23. The minimum absolute atomic E-state index is 0.220. The monoisotopic (exact) mass is 249 g/mol. The van der Waals surface area contributed by atoms with Gasteiger partial charge in [0.2, 0.25) is 5.95 Å². The lowest BCUT2D eigenvalue weighted by Crippen LogP contribution is -2.26. The van der Waals surface area contributed by atoms with Crippen LogP contribution in [-0.4, -0.2) is 27.1 Å². The summed E-state index contributed by atoms with van der Waals surface area (Å²) in [6.07, 6.45) is 2.14. The van der Waals surface area contributed by atoms with E-state index in [9.17, 15) is 0 Å². The third-order valence-corrected chi connectivity index (χ3v) is 4.26. The molecule has 4 heteroatoms. The molecule has 0 saturated heterocycles. The molecule has 1 aromatic heterocycles. The minimum Gasteiger partial charge on any atom is -0.354 e. The number of benzene rings is 1. The van der Waals surface area contributed by atoms with Crippen LogP contribution in [0.15, 0.2) is 24.3 Å². The molecule has 0 spiro atoms. The number of nitrogens with zero attached hydrogens (tertiary/aromatic N) is 2. The molecule has 0 unspecified atom stereocenters. The van der Waals surface area contributed by atoms with Crippen LogP contribution in [0.5, 0.6) is 0 Å². The predicted octanol–water partition coefficient (Wildman–Crippen LogP) is 3.13. The molecule has 0 amide bonds. The van der Waals surface area contributed by atoms with Crippen molar-refractivity contribution in [2.24, 2.45) is 7.05 Å².